The molecular formula is C17H15B. The average Bonchev–Trinajstić information content (AvgIpc) is 2.95. The maximum absolute atomic E-state index is 2.28. The van der Waals surface area contributed by atoms with Crippen molar-refractivity contribution in [1.82, 2.24) is 0 Å². The van der Waals surface area contributed by atoms with E-state index in [2.05, 4.69) is 85.0 Å². The Morgan fingerprint density at radius 1 is 0.611 bits per heavy atom. The average molecular weight is 230 g/mol. The topological polar surface area (TPSA) is 0 Å². The second-order valence-corrected chi connectivity index (χ2v) is 4.65. The maximum Gasteiger partial charge on any atom is 0.219 e. The molecule has 86 valence electrons. The first-order valence-electron chi connectivity index (χ1n) is 6.40. The first-order valence-corrected chi connectivity index (χ1v) is 6.40. The van der Waals surface area contributed by atoms with Crippen LogP contribution in [-0.2, 0) is 0 Å². The monoisotopic (exact) mass is 230 g/mol. The molecule has 0 aliphatic heterocycles. The van der Waals surface area contributed by atoms with Crippen LogP contribution in [0, 0.1) is 0 Å². The van der Waals surface area contributed by atoms with Crippen molar-refractivity contribution in [2.75, 3.05) is 0 Å². The van der Waals surface area contributed by atoms with Crippen molar-refractivity contribution < 1.29 is 0 Å². The molecule has 3 rings (SSSR count). The highest BCUT2D eigenvalue weighted by molar-refractivity contribution is 6.87. The summed E-state index contributed by atoms with van der Waals surface area (Å²) >= 11 is 0. The Morgan fingerprint density at radius 3 is 1.50 bits per heavy atom. The van der Waals surface area contributed by atoms with Gasteiger partial charge in [-0.05, 0) is 5.82 Å². The van der Waals surface area contributed by atoms with Gasteiger partial charge in [0.1, 0.15) is 0 Å². The van der Waals surface area contributed by atoms with Gasteiger partial charge >= 0.3 is 0 Å². The summed E-state index contributed by atoms with van der Waals surface area (Å²) in [5, 5.41) is 0. The lowest BCUT2D eigenvalue weighted by Gasteiger charge is -2.18. The summed E-state index contributed by atoms with van der Waals surface area (Å²) in [7, 11) is 0. The van der Waals surface area contributed by atoms with E-state index in [0.717, 1.165) is 0 Å². The highest BCUT2D eigenvalue weighted by atomic mass is 14.0. The summed E-state index contributed by atoms with van der Waals surface area (Å²) in [6.07, 6.45) is 8.85. The number of hydrogen-bond acceptors (Lipinski definition) is 0. The van der Waals surface area contributed by atoms with Gasteiger partial charge in [0.25, 0.3) is 0 Å². The Balaban J connectivity index is 2.04. The summed E-state index contributed by atoms with van der Waals surface area (Å²) in [6.45, 7) is 0.419. The van der Waals surface area contributed by atoms with Crippen molar-refractivity contribution in [2.45, 2.75) is 5.82 Å². The zero-order valence-corrected chi connectivity index (χ0v) is 10.2. The molecule has 1 heteroatoms. The van der Waals surface area contributed by atoms with Crippen LogP contribution in [0.2, 0.25) is 5.82 Å². The zero-order valence-electron chi connectivity index (χ0n) is 10.2. The van der Waals surface area contributed by atoms with Gasteiger partial charge in [-0.3, -0.25) is 0 Å². The smallest absolute Gasteiger partial charge is 0.0842 e. The third-order valence-electron chi connectivity index (χ3n) is 3.48. The standard InChI is InChI=1S/C17H15B/c1-3-9-15(10-4-1)18(17-13-7-8-14-17)16-11-5-2-6-12-16/h1-14,17H. The van der Waals surface area contributed by atoms with E-state index in [1.165, 1.54) is 10.9 Å². The van der Waals surface area contributed by atoms with Crippen molar-refractivity contribution >= 4 is 17.6 Å². The molecule has 0 nitrogen and oxygen atoms in total. The van der Waals surface area contributed by atoms with Gasteiger partial charge in [0.2, 0.25) is 6.71 Å². The first kappa shape index (κ1) is 11.1. The molecule has 0 saturated carbocycles. The van der Waals surface area contributed by atoms with Crippen molar-refractivity contribution in [3.63, 3.8) is 0 Å². The minimum absolute atomic E-state index is 0.419. The van der Waals surface area contributed by atoms with E-state index in [1.807, 2.05) is 0 Å². The molecular weight excluding hydrogens is 215 g/mol. The van der Waals surface area contributed by atoms with Gasteiger partial charge in [-0.2, -0.15) is 0 Å². The second-order valence-electron chi connectivity index (χ2n) is 4.65. The van der Waals surface area contributed by atoms with E-state index in [0.29, 0.717) is 12.5 Å². The van der Waals surface area contributed by atoms with Crippen LogP contribution in [0.15, 0.2) is 85.0 Å². The van der Waals surface area contributed by atoms with Gasteiger partial charge in [0.05, 0.1) is 0 Å². The summed E-state index contributed by atoms with van der Waals surface area (Å²) in [5.41, 5.74) is 2.76. The van der Waals surface area contributed by atoms with Gasteiger partial charge in [-0.15, -0.1) is 0 Å². The number of allylic oxidation sites excluding steroid dienone is 4. The van der Waals surface area contributed by atoms with E-state index in [4.69, 9.17) is 0 Å². The quantitative estimate of drug-likeness (QED) is 0.711. The Hall–Kier alpha value is -2.02. The third-order valence-corrected chi connectivity index (χ3v) is 3.48. The second kappa shape index (κ2) is 5.09. The zero-order chi connectivity index (χ0) is 12.2. The van der Waals surface area contributed by atoms with Crippen LogP contribution in [0.4, 0.5) is 0 Å². The Kier molecular flexibility index (Phi) is 3.14. The van der Waals surface area contributed by atoms with E-state index in [1.54, 1.807) is 0 Å². The molecule has 0 bridgehead atoms. The van der Waals surface area contributed by atoms with Gasteiger partial charge in [0, 0.05) is 0 Å². The van der Waals surface area contributed by atoms with Crippen LogP contribution >= 0.6 is 0 Å². The summed E-state index contributed by atoms with van der Waals surface area (Å²) < 4.78 is 0. The van der Waals surface area contributed by atoms with Crippen molar-refractivity contribution in [2.24, 2.45) is 0 Å². The highest BCUT2D eigenvalue weighted by Gasteiger charge is 2.26. The maximum atomic E-state index is 2.28. The Bertz CT molecular complexity index is 503. The van der Waals surface area contributed by atoms with Gasteiger partial charge in [0.15, 0.2) is 0 Å². The molecule has 0 fully saturated rings. The molecule has 0 heterocycles. The Labute approximate surface area is 109 Å². The molecule has 0 amide bonds. The fourth-order valence-corrected chi connectivity index (χ4v) is 2.63. The third kappa shape index (κ3) is 2.17. The van der Waals surface area contributed by atoms with Crippen molar-refractivity contribution in [3.8, 4) is 0 Å². The van der Waals surface area contributed by atoms with Crippen LogP contribution in [0.3, 0.4) is 0 Å². The molecule has 0 atom stereocenters. The SMILES string of the molecule is C1=CC(B(c2ccccc2)c2ccccc2)C=C1. The van der Waals surface area contributed by atoms with Crippen LogP contribution in [0.25, 0.3) is 0 Å². The minimum Gasteiger partial charge on any atom is -0.0842 e. The molecule has 0 radical (unpaired) electrons. The fourth-order valence-electron chi connectivity index (χ4n) is 2.63. The van der Waals surface area contributed by atoms with Crippen LogP contribution in [-0.4, -0.2) is 6.71 Å². The van der Waals surface area contributed by atoms with E-state index < -0.39 is 0 Å². The molecule has 2 aromatic carbocycles. The van der Waals surface area contributed by atoms with E-state index >= 15 is 0 Å². The van der Waals surface area contributed by atoms with Crippen molar-refractivity contribution in [3.05, 3.63) is 85.0 Å². The summed E-state index contributed by atoms with van der Waals surface area (Å²) in [6, 6.07) is 21.5. The molecule has 0 N–H and O–H groups in total. The number of rotatable bonds is 3. The highest BCUT2D eigenvalue weighted by Crippen LogP contribution is 2.19. The van der Waals surface area contributed by atoms with Crippen molar-refractivity contribution in [1.29, 1.82) is 0 Å². The predicted molar refractivity (Wildman–Crippen MR) is 79.9 cm³/mol. The lowest BCUT2D eigenvalue weighted by atomic mass is 9.34. The molecule has 2 aromatic rings. The van der Waals surface area contributed by atoms with E-state index in [-0.39, 0.29) is 0 Å². The van der Waals surface area contributed by atoms with Crippen LogP contribution in [0.1, 0.15) is 0 Å². The summed E-state index contributed by atoms with van der Waals surface area (Å²) in [4.78, 5) is 0. The van der Waals surface area contributed by atoms with Gasteiger partial charge < -0.3 is 0 Å². The lowest BCUT2D eigenvalue weighted by Crippen LogP contribution is -2.44. The molecule has 0 saturated heterocycles. The molecule has 0 aromatic heterocycles. The predicted octanol–water partition coefficient (Wildman–Crippen LogP) is 2.79. The number of benzene rings is 2. The molecule has 1 aliphatic carbocycles. The molecule has 0 spiro atoms. The molecule has 0 unspecified atom stereocenters. The first-order chi connectivity index (χ1) is 8.95. The largest absolute Gasteiger partial charge is 0.219 e. The Morgan fingerprint density at radius 2 is 1.06 bits per heavy atom. The minimum atomic E-state index is 0.419. The normalized spacial score (nSPS) is 14.0. The van der Waals surface area contributed by atoms with Crippen LogP contribution < -0.4 is 10.9 Å². The van der Waals surface area contributed by atoms with Gasteiger partial charge in [-0.25, -0.2) is 0 Å². The molecule has 1 aliphatic rings. The fraction of sp³-hybridized carbons (Fsp3) is 0.0588. The summed E-state index contributed by atoms with van der Waals surface area (Å²) in [5.74, 6) is 0.467. The van der Waals surface area contributed by atoms with Crippen LogP contribution in [0.5, 0.6) is 0 Å². The molecule has 18 heavy (non-hydrogen) atoms. The van der Waals surface area contributed by atoms with E-state index in [9.17, 15) is 0 Å². The lowest BCUT2D eigenvalue weighted by molar-refractivity contribution is 1.37. The van der Waals surface area contributed by atoms with Gasteiger partial charge in [-0.1, -0.05) is 95.9 Å². The number of hydrogen-bond donors (Lipinski definition) is 0.